The average Bonchev–Trinajstić information content (AvgIpc) is 2.80. The summed E-state index contributed by atoms with van der Waals surface area (Å²) in [7, 11) is -2.16. The van der Waals surface area contributed by atoms with Crippen molar-refractivity contribution in [2.75, 3.05) is 24.2 Å². The Hall–Kier alpha value is -2.78. The predicted molar refractivity (Wildman–Crippen MR) is 148 cm³/mol. The second-order valence-electron chi connectivity index (χ2n) is 9.89. The van der Waals surface area contributed by atoms with Gasteiger partial charge in [0.15, 0.2) is 0 Å². The third-order valence-electron chi connectivity index (χ3n) is 5.69. The van der Waals surface area contributed by atoms with E-state index in [9.17, 15) is 18.0 Å². The number of ether oxygens (including phenoxy) is 1. The van der Waals surface area contributed by atoms with Crippen molar-refractivity contribution in [3.8, 4) is 5.75 Å². The molecule has 2 rings (SSSR count). The summed E-state index contributed by atoms with van der Waals surface area (Å²) in [6.45, 7) is 7.75. The SMILES string of the molecule is CC[C@H](C(=O)NC(C)(C)C)N(Cc1ccccc1Cl)C(=O)CCCN(c1ccccc1OC)S(C)(=O)=O. The molecule has 2 amide bonds. The molecule has 204 valence electrons. The van der Waals surface area contributed by atoms with Gasteiger partial charge in [0.2, 0.25) is 21.8 Å². The minimum atomic E-state index is -3.63. The van der Waals surface area contributed by atoms with E-state index in [2.05, 4.69) is 5.32 Å². The number of anilines is 1. The molecule has 0 aliphatic carbocycles. The fourth-order valence-corrected chi connectivity index (χ4v) is 5.17. The van der Waals surface area contributed by atoms with Gasteiger partial charge in [0.1, 0.15) is 11.8 Å². The summed E-state index contributed by atoms with van der Waals surface area (Å²) in [6.07, 6.45) is 1.83. The van der Waals surface area contributed by atoms with Gasteiger partial charge in [-0.2, -0.15) is 0 Å². The first-order valence-corrected chi connectivity index (χ1v) is 14.5. The molecule has 0 aliphatic rings. The summed E-state index contributed by atoms with van der Waals surface area (Å²) in [5.41, 5.74) is 0.670. The van der Waals surface area contributed by atoms with E-state index in [1.54, 1.807) is 36.4 Å². The van der Waals surface area contributed by atoms with Crippen molar-refractivity contribution < 1.29 is 22.7 Å². The van der Waals surface area contributed by atoms with Crippen molar-refractivity contribution in [3.63, 3.8) is 0 Å². The molecule has 0 spiro atoms. The van der Waals surface area contributed by atoms with Gasteiger partial charge in [-0.15, -0.1) is 0 Å². The van der Waals surface area contributed by atoms with Crippen LogP contribution in [0.4, 0.5) is 5.69 Å². The smallest absolute Gasteiger partial charge is 0.243 e. The van der Waals surface area contributed by atoms with E-state index in [-0.39, 0.29) is 37.7 Å². The Morgan fingerprint density at radius 1 is 1.08 bits per heavy atom. The molecule has 0 unspecified atom stereocenters. The second-order valence-corrected chi connectivity index (χ2v) is 12.2. The first kappa shape index (κ1) is 30.4. The third kappa shape index (κ3) is 8.93. The van der Waals surface area contributed by atoms with E-state index in [4.69, 9.17) is 16.3 Å². The van der Waals surface area contributed by atoms with Gasteiger partial charge in [-0.25, -0.2) is 8.42 Å². The first-order chi connectivity index (χ1) is 17.3. The van der Waals surface area contributed by atoms with Crippen LogP contribution in [-0.4, -0.2) is 56.6 Å². The van der Waals surface area contributed by atoms with E-state index in [0.717, 1.165) is 11.8 Å². The number of methoxy groups -OCH3 is 1. The quantitative estimate of drug-likeness (QED) is 0.415. The number of hydrogen-bond acceptors (Lipinski definition) is 5. The van der Waals surface area contributed by atoms with E-state index in [1.807, 2.05) is 39.8 Å². The topological polar surface area (TPSA) is 96.0 Å². The summed E-state index contributed by atoms with van der Waals surface area (Å²) >= 11 is 6.38. The largest absolute Gasteiger partial charge is 0.495 e. The van der Waals surface area contributed by atoms with E-state index < -0.39 is 21.6 Å². The van der Waals surface area contributed by atoms with Crippen molar-refractivity contribution in [3.05, 3.63) is 59.1 Å². The number of nitrogens with zero attached hydrogens (tertiary/aromatic N) is 2. The van der Waals surface area contributed by atoms with E-state index in [0.29, 0.717) is 22.9 Å². The molecule has 0 heterocycles. The number of carbonyl (C=O) groups is 2. The minimum absolute atomic E-state index is 0.0465. The molecular weight excluding hydrogens is 514 g/mol. The van der Waals surface area contributed by atoms with Crippen LogP contribution in [0.15, 0.2) is 48.5 Å². The summed E-state index contributed by atoms with van der Waals surface area (Å²) in [4.78, 5) is 28.2. The Morgan fingerprint density at radius 2 is 1.70 bits per heavy atom. The third-order valence-corrected chi connectivity index (χ3v) is 7.24. The summed E-state index contributed by atoms with van der Waals surface area (Å²) < 4.78 is 31.7. The van der Waals surface area contributed by atoms with Crippen molar-refractivity contribution in [2.24, 2.45) is 0 Å². The molecule has 1 atom stereocenters. The zero-order valence-corrected chi connectivity index (χ0v) is 24.0. The van der Waals surface area contributed by atoms with Crippen LogP contribution in [0.5, 0.6) is 5.75 Å². The number of nitrogens with one attached hydrogen (secondary N) is 1. The Morgan fingerprint density at radius 3 is 2.27 bits per heavy atom. The van der Waals surface area contributed by atoms with Crippen molar-refractivity contribution >= 4 is 39.1 Å². The lowest BCUT2D eigenvalue weighted by Crippen LogP contribution is -2.53. The molecule has 0 radical (unpaired) electrons. The van der Waals surface area contributed by atoms with Gasteiger partial charge < -0.3 is 15.0 Å². The number of para-hydroxylation sites is 2. The summed E-state index contributed by atoms with van der Waals surface area (Å²) in [6, 6.07) is 13.3. The molecule has 1 N–H and O–H groups in total. The second kappa shape index (κ2) is 13.1. The van der Waals surface area contributed by atoms with Crippen LogP contribution in [0.3, 0.4) is 0 Å². The molecule has 0 saturated heterocycles. The van der Waals surface area contributed by atoms with Gasteiger partial charge in [0, 0.05) is 30.1 Å². The minimum Gasteiger partial charge on any atom is -0.495 e. The number of benzene rings is 2. The predicted octanol–water partition coefficient (Wildman–Crippen LogP) is 4.62. The highest BCUT2D eigenvalue weighted by Crippen LogP contribution is 2.30. The first-order valence-electron chi connectivity index (χ1n) is 12.2. The van der Waals surface area contributed by atoms with E-state index in [1.165, 1.54) is 16.3 Å². The zero-order valence-electron chi connectivity index (χ0n) is 22.5. The van der Waals surface area contributed by atoms with Gasteiger partial charge in [-0.3, -0.25) is 13.9 Å². The average molecular weight is 552 g/mol. The molecule has 0 fully saturated rings. The van der Waals surface area contributed by atoms with Gasteiger partial charge >= 0.3 is 0 Å². The Bertz CT molecular complexity index is 1180. The maximum absolute atomic E-state index is 13.5. The van der Waals surface area contributed by atoms with Crippen LogP contribution < -0.4 is 14.4 Å². The lowest BCUT2D eigenvalue weighted by Gasteiger charge is -2.33. The lowest BCUT2D eigenvalue weighted by molar-refractivity contribution is -0.142. The highest BCUT2D eigenvalue weighted by atomic mass is 35.5. The summed E-state index contributed by atoms with van der Waals surface area (Å²) in [5, 5.41) is 3.47. The number of halogens is 1. The van der Waals surface area contributed by atoms with E-state index >= 15 is 0 Å². The highest BCUT2D eigenvalue weighted by Gasteiger charge is 2.31. The zero-order chi connectivity index (χ0) is 27.8. The van der Waals surface area contributed by atoms with Crippen LogP contribution in [0.25, 0.3) is 0 Å². The van der Waals surface area contributed by atoms with Gasteiger partial charge in [0.05, 0.1) is 19.1 Å². The fourth-order valence-electron chi connectivity index (χ4n) is 4.00. The molecular formula is C27H38ClN3O5S. The van der Waals surface area contributed by atoms with Gasteiger partial charge in [-0.05, 0) is 57.4 Å². The van der Waals surface area contributed by atoms with Crippen molar-refractivity contribution in [1.29, 1.82) is 0 Å². The highest BCUT2D eigenvalue weighted by molar-refractivity contribution is 7.92. The molecule has 2 aromatic rings. The van der Waals surface area contributed by atoms with Crippen LogP contribution in [-0.2, 0) is 26.2 Å². The molecule has 0 saturated carbocycles. The lowest BCUT2D eigenvalue weighted by atomic mass is 10.0. The number of hydrogen-bond donors (Lipinski definition) is 1. The Balaban J connectivity index is 2.28. The Labute approximate surface area is 226 Å². The normalized spacial score (nSPS) is 12.5. The van der Waals surface area contributed by atoms with Crippen LogP contribution in [0.2, 0.25) is 5.02 Å². The maximum atomic E-state index is 13.5. The number of amides is 2. The monoisotopic (exact) mass is 551 g/mol. The van der Waals surface area contributed by atoms with Crippen molar-refractivity contribution in [1.82, 2.24) is 10.2 Å². The molecule has 10 heteroatoms. The molecule has 37 heavy (non-hydrogen) atoms. The molecule has 0 aromatic heterocycles. The molecule has 0 aliphatic heterocycles. The van der Waals surface area contributed by atoms with Crippen molar-refractivity contribution in [2.45, 2.75) is 65.1 Å². The Kier molecular flexibility index (Phi) is 10.8. The van der Waals surface area contributed by atoms with Crippen LogP contribution >= 0.6 is 11.6 Å². The fraction of sp³-hybridized carbons (Fsp3) is 0.481. The number of rotatable bonds is 12. The number of sulfonamides is 1. The van der Waals surface area contributed by atoms with Gasteiger partial charge in [-0.1, -0.05) is 48.9 Å². The van der Waals surface area contributed by atoms with Gasteiger partial charge in [0.25, 0.3) is 0 Å². The summed E-state index contributed by atoms with van der Waals surface area (Å²) in [5.74, 6) is -0.0870. The standard InChI is InChI=1S/C27H38ClN3O5S/c1-7-22(26(33)29-27(2,3)4)30(19-20-13-8-9-14-21(20)28)25(32)17-12-18-31(37(6,34)35)23-15-10-11-16-24(23)36-5/h8-11,13-16,22H,7,12,17-19H2,1-6H3,(H,29,33)/t22-/m1/s1. The molecule has 8 nitrogen and oxygen atoms in total. The molecule has 2 aromatic carbocycles. The maximum Gasteiger partial charge on any atom is 0.243 e. The molecule has 0 bridgehead atoms. The van der Waals surface area contributed by atoms with Crippen LogP contribution in [0.1, 0.15) is 52.5 Å². The van der Waals surface area contributed by atoms with Crippen LogP contribution in [0, 0.1) is 0 Å². The number of carbonyl (C=O) groups excluding carboxylic acids is 2.